The topological polar surface area (TPSA) is 66.9 Å². The van der Waals surface area contributed by atoms with E-state index < -0.39 is 0 Å². The lowest BCUT2D eigenvalue weighted by Gasteiger charge is -2.48. The van der Waals surface area contributed by atoms with Gasteiger partial charge in [-0.2, -0.15) is 0 Å². The van der Waals surface area contributed by atoms with Gasteiger partial charge in [-0.1, -0.05) is 27.7 Å². The first kappa shape index (κ1) is 23.6. The van der Waals surface area contributed by atoms with E-state index in [9.17, 15) is 9.59 Å². The van der Waals surface area contributed by atoms with Crippen molar-refractivity contribution in [2.45, 2.75) is 64.2 Å². The quantitative estimate of drug-likeness (QED) is 0.272. The van der Waals surface area contributed by atoms with Gasteiger partial charge in [0.1, 0.15) is 11.2 Å². The van der Waals surface area contributed by atoms with E-state index in [1.807, 2.05) is 37.2 Å². The first-order valence-corrected chi connectivity index (χ1v) is 13.6. The summed E-state index contributed by atoms with van der Waals surface area (Å²) in [5.74, 6) is 0. The summed E-state index contributed by atoms with van der Waals surface area (Å²) in [6.07, 6.45) is 2.84. The number of fused-ring (bicyclic) bond motifs is 7. The predicted octanol–water partition coefficient (Wildman–Crippen LogP) is 5.63. The molecule has 0 radical (unpaired) electrons. The van der Waals surface area contributed by atoms with Crippen LogP contribution in [-0.4, -0.2) is 27.2 Å². The minimum absolute atomic E-state index is 0.0111. The van der Waals surface area contributed by atoms with Gasteiger partial charge in [0.25, 0.3) is 0 Å². The Morgan fingerprint density at radius 3 is 2.11 bits per heavy atom. The Balaban J connectivity index is 1.52. The molecule has 0 spiro atoms. The molecule has 3 aliphatic rings. The minimum atomic E-state index is -0.318. The van der Waals surface area contributed by atoms with E-state index in [1.165, 1.54) is 11.3 Å². The summed E-state index contributed by atoms with van der Waals surface area (Å²) < 4.78 is 12.1. The van der Waals surface area contributed by atoms with Crippen LogP contribution in [0.4, 0.5) is 11.4 Å². The number of anilines is 2. The zero-order valence-corrected chi connectivity index (χ0v) is 23.1. The second kappa shape index (κ2) is 7.52. The number of rotatable bonds is 1. The van der Waals surface area contributed by atoms with Gasteiger partial charge in [-0.25, -0.2) is 9.59 Å². The minimum Gasteiger partial charge on any atom is -0.422 e. The predicted molar refractivity (Wildman–Crippen MR) is 152 cm³/mol. The molecule has 0 amide bonds. The Morgan fingerprint density at radius 1 is 0.789 bits per heavy atom. The molecule has 0 saturated heterocycles. The summed E-state index contributed by atoms with van der Waals surface area (Å²) in [5, 5.41) is 1.86. The van der Waals surface area contributed by atoms with Crippen LogP contribution in [0, 0.1) is 0 Å². The number of hydrogen-bond donors (Lipinski definition) is 0. The third-order valence-electron chi connectivity index (χ3n) is 9.45. The summed E-state index contributed by atoms with van der Waals surface area (Å²) in [7, 11) is 3.91. The highest BCUT2D eigenvalue weighted by molar-refractivity contribution is 5.94. The standard InChI is InChI=1S/C32H34N2O4/c1-31(2)9-11-34-12-10-32(3,4)26-27(34)24(31)16-21-20-15-22-19(14-23(20)30(36)38-28(21)26)18-8-7-17(33(5)6)13-25(18)37-29(22)35/h7-8,13,16H,9-12,14-15H2,1-6H3. The zero-order valence-electron chi connectivity index (χ0n) is 23.1. The van der Waals surface area contributed by atoms with Gasteiger partial charge in [-0.05, 0) is 58.6 Å². The van der Waals surface area contributed by atoms with Gasteiger partial charge < -0.3 is 18.6 Å². The molecule has 0 unspecified atom stereocenters. The second-order valence-electron chi connectivity index (χ2n) is 12.9. The molecule has 6 heteroatoms. The monoisotopic (exact) mass is 510 g/mol. The molecule has 1 aliphatic carbocycles. The van der Waals surface area contributed by atoms with Crippen LogP contribution in [0.2, 0.25) is 0 Å². The van der Waals surface area contributed by atoms with E-state index in [-0.39, 0.29) is 22.1 Å². The molecular formula is C32H34N2O4. The molecule has 4 heterocycles. The highest BCUT2D eigenvalue weighted by Crippen LogP contribution is 2.52. The van der Waals surface area contributed by atoms with Gasteiger partial charge in [0.15, 0.2) is 0 Å². The van der Waals surface area contributed by atoms with Crippen molar-refractivity contribution in [1.29, 1.82) is 0 Å². The van der Waals surface area contributed by atoms with Gasteiger partial charge >= 0.3 is 11.3 Å². The molecule has 0 saturated carbocycles. The average molecular weight is 511 g/mol. The van der Waals surface area contributed by atoms with Gasteiger partial charge in [0.05, 0.1) is 0 Å². The second-order valence-corrected chi connectivity index (χ2v) is 12.9. The van der Waals surface area contributed by atoms with Gasteiger partial charge in [0, 0.05) is 84.9 Å². The van der Waals surface area contributed by atoms with Crippen molar-refractivity contribution < 1.29 is 8.83 Å². The SMILES string of the molecule is CN(C)c1ccc2c3c(c(=O)oc2c1)Cc1c(c(=O)oc2c4c5c(cc12)C(C)(C)CCN5CCC4(C)C)C3. The van der Waals surface area contributed by atoms with E-state index in [2.05, 4.69) is 38.7 Å². The van der Waals surface area contributed by atoms with Crippen LogP contribution in [-0.2, 0) is 23.7 Å². The molecule has 0 bridgehead atoms. The molecular weight excluding hydrogens is 476 g/mol. The van der Waals surface area contributed by atoms with E-state index in [0.29, 0.717) is 35.1 Å². The van der Waals surface area contributed by atoms with Crippen LogP contribution < -0.4 is 21.1 Å². The highest BCUT2D eigenvalue weighted by Gasteiger charge is 2.42. The Morgan fingerprint density at radius 2 is 1.42 bits per heavy atom. The molecule has 6 nitrogen and oxygen atoms in total. The Labute approximate surface area is 221 Å². The molecule has 7 rings (SSSR count). The Bertz CT molecular complexity index is 1800. The van der Waals surface area contributed by atoms with Gasteiger partial charge in [-0.3, -0.25) is 0 Å². The molecule has 2 aromatic carbocycles. The number of benzene rings is 2. The van der Waals surface area contributed by atoms with Crippen molar-refractivity contribution in [3.63, 3.8) is 0 Å². The van der Waals surface area contributed by atoms with Crippen LogP contribution in [0.3, 0.4) is 0 Å². The molecule has 38 heavy (non-hydrogen) atoms. The zero-order chi connectivity index (χ0) is 26.7. The van der Waals surface area contributed by atoms with Gasteiger partial charge in [0.2, 0.25) is 0 Å². The molecule has 4 aromatic rings. The van der Waals surface area contributed by atoms with Crippen LogP contribution in [0.15, 0.2) is 42.7 Å². The lowest BCUT2D eigenvalue weighted by molar-refractivity contribution is 0.398. The van der Waals surface area contributed by atoms with E-state index in [4.69, 9.17) is 8.83 Å². The number of nitrogens with zero attached hydrogens (tertiary/aromatic N) is 2. The van der Waals surface area contributed by atoms with Crippen molar-refractivity contribution in [3.8, 4) is 0 Å². The van der Waals surface area contributed by atoms with Crippen molar-refractivity contribution in [2.24, 2.45) is 0 Å². The lowest BCUT2D eigenvalue weighted by Crippen LogP contribution is -2.45. The van der Waals surface area contributed by atoms with Crippen LogP contribution >= 0.6 is 0 Å². The van der Waals surface area contributed by atoms with Crippen molar-refractivity contribution in [2.75, 3.05) is 37.0 Å². The average Bonchev–Trinajstić information content (AvgIpc) is 2.86. The fourth-order valence-corrected chi connectivity index (χ4v) is 7.01. The van der Waals surface area contributed by atoms with Crippen molar-refractivity contribution >= 4 is 33.3 Å². The van der Waals surface area contributed by atoms with Crippen LogP contribution in [0.1, 0.15) is 73.9 Å². The number of hydrogen-bond acceptors (Lipinski definition) is 6. The smallest absolute Gasteiger partial charge is 0.340 e. The normalized spacial score (nSPS) is 18.7. The fourth-order valence-electron chi connectivity index (χ4n) is 7.01. The molecule has 0 atom stereocenters. The summed E-state index contributed by atoms with van der Waals surface area (Å²) in [6.45, 7) is 11.2. The molecule has 2 aromatic heterocycles. The summed E-state index contributed by atoms with van der Waals surface area (Å²) >= 11 is 0. The maximum absolute atomic E-state index is 13.6. The van der Waals surface area contributed by atoms with Crippen molar-refractivity contribution in [1.82, 2.24) is 0 Å². The maximum atomic E-state index is 13.6. The van der Waals surface area contributed by atoms with E-state index >= 15 is 0 Å². The first-order chi connectivity index (χ1) is 18.0. The maximum Gasteiger partial charge on any atom is 0.340 e. The van der Waals surface area contributed by atoms with Gasteiger partial charge in [-0.15, -0.1) is 0 Å². The molecule has 0 fully saturated rings. The largest absolute Gasteiger partial charge is 0.422 e. The third-order valence-corrected chi connectivity index (χ3v) is 9.45. The molecule has 0 N–H and O–H groups in total. The first-order valence-electron chi connectivity index (χ1n) is 13.6. The lowest BCUT2D eigenvalue weighted by atomic mass is 9.68. The summed E-state index contributed by atoms with van der Waals surface area (Å²) in [6, 6.07) is 8.18. The van der Waals surface area contributed by atoms with Crippen LogP contribution in [0.25, 0.3) is 21.9 Å². The molecule has 196 valence electrons. The third kappa shape index (κ3) is 3.12. The van der Waals surface area contributed by atoms with Crippen molar-refractivity contribution in [3.05, 3.63) is 78.5 Å². The highest BCUT2D eigenvalue weighted by atomic mass is 16.4. The van der Waals surface area contributed by atoms with Crippen LogP contribution in [0.5, 0.6) is 0 Å². The Hall–Kier alpha value is -3.54. The van der Waals surface area contributed by atoms with E-state index in [0.717, 1.165) is 59.1 Å². The summed E-state index contributed by atoms with van der Waals surface area (Å²) in [5.41, 5.74) is 8.35. The van der Waals surface area contributed by atoms with E-state index in [1.54, 1.807) is 0 Å². The summed E-state index contributed by atoms with van der Waals surface area (Å²) in [4.78, 5) is 31.4. The molecule has 2 aliphatic heterocycles. The fraction of sp³-hybridized carbons (Fsp3) is 0.438. The Kier molecular flexibility index (Phi) is 4.67.